The van der Waals surface area contributed by atoms with Gasteiger partial charge in [-0.3, -0.25) is 15.1 Å². The van der Waals surface area contributed by atoms with Gasteiger partial charge in [0.15, 0.2) is 0 Å². The Bertz CT molecular complexity index is 1020. The predicted molar refractivity (Wildman–Crippen MR) is 121 cm³/mol. The molecule has 168 valence electrons. The zero-order valence-electron chi connectivity index (χ0n) is 19.2. The van der Waals surface area contributed by atoms with Gasteiger partial charge in [-0.15, -0.1) is 0 Å². The van der Waals surface area contributed by atoms with Crippen LogP contribution in [0.3, 0.4) is 0 Å². The number of carbonyl (C=O) groups is 1. The number of carbonyl (C=O) groups excluding carboxylic acids is 1. The second-order valence-electron chi connectivity index (χ2n) is 9.66. The molecule has 1 aliphatic carbocycles. The molecule has 0 bridgehead atoms. The first kappa shape index (κ1) is 23.4. The van der Waals surface area contributed by atoms with Crippen LogP contribution in [0.4, 0.5) is 0 Å². The van der Waals surface area contributed by atoms with E-state index >= 15 is 0 Å². The third-order valence-electron chi connectivity index (χ3n) is 5.22. The van der Waals surface area contributed by atoms with Crippen LogP contribution in [0, 0.1) is 28.1 Å². The van der Waals surface area contributed by atoms with Gasteiger partial charge in [-0.05, 0) is 35.3 Å². The number of ether oxygens (including phenoxy) is 2. The predicted octanol–water partition coefficient (Wildman–Crippen LogP) is 5.69. The second kappa shape index (κ2) is 9.46. The lowest BCUT2D eigenvalue weighted by Crippen LogP contribution is -2.19. The molecule has 6 heteroatoms. The molecule has 0 unspecified atom stereocenters. The summed E-state index contributed by atoms with van der Waals surface area (Å²) in [5.41, 5.74) is 3.94. The number of hydrogen-bond donors (Lipinski definition) is 1. The second-order valence-corrected chi connectivity index (χ2v) is 9.66. The van der Waals surface area contributed by atoms with Gasteiger partial charge in [-0.1, -0.05) is 65.0 Å². The molecular formula is C26H30N2O4. The van der Waals surface area contributed by atoms with Gasteiger partial charge in [-0.2, -0.15) is 5.26 Å². The molecule has 0 radical (unpaired) electrons. The van der Waals surface area contributed by atoms with Crippen molar-refractivity contribution >= 4 is 5.97 Å². The summed E-state index contributed by atoms with van der Waals surface area (Å²) in [7, 11) is 0. The van der Waals surface area contributed by atoms with Gasteiger partial charge in [0.2, 0.25) is 6.10 Å². The molecule has 2 aromatic carbocycles. The molecule has 0 spiro atoms. The van der Waals surface area contributed by atoms with Crippen molar-refractivity contribution in [2.24, 2.45) is 16.7 Å². The zero-order valence-corrected chi connectivity index (χ0v) is 19.2. The minimum Gasteiger partial charge on any atom is -0.457 e. The number of nitriles is 1. The maximum atomic E-state index is 12.8. The lowest BCUT2D eigenvalue weighted by Gasteiger charge is -2.16. The maximum Gasteiger partial charge on any atom is 0.315 e. The van der Waals surface area contributed by atoms with Crippen molar-refractivity contribution in [1.29, 1.82) is 5.26 Å². The van der Waals surface area contributed by atoms with Crippen LogP contribution in [0.25, 0.3) is 0 Å². The van der Waals surface area contributed by atoms with E-state index in [-0.39, 0.29) is 10.8 Å². The van der Waals surface area contributed by atoms with Crippen LogP contribution in [-0.4, -0.2) is 12.6 Å². The summed E-state index contributed by atoms with van der Waals surface area (Å²) in [6, 6.07) is 18.5. The van der Waals surface area contributed by atoms with Crippen molar-refractivity contribution < 1.29 is 19.1 Å². The normalized spacial score (nSPS) is 19.0. The summed E-state index contributed by atoms with van der Waals surface area (Å²) >= 11 is 0. The van der Waals surface area contributed by atoms with Crippen molar-refractivity contribution in [2.45, 2.75) is 40.7 Å². The van der Waals surface area contributed by atoms with E-state index in [9.17, 15) is 10.1 Å². The summed E-state index contributed by atoms with van der Waals surface area (Å²) in [4.78, 5) is 18.3. The van der Waals surface area contributed by atoms with Gasteiger partial charge in [-0.25, -0.2) is 0 Å². The molecule has 0 saturated heterocycles. The molecule has 0 aliphatic heterocycles. The van der Waals surface area contributed by atoms with Crippen LogP contribution in [0.1, 0.15) is 46.3 Å². The molecule has 0 heterocycles. The van der Waals surface area contributed by atoms with Crippen LogP contribution >= 0.6 is 0 Å². The number of nitrogens with zero attached hydrogens (tertiary/aromatic N) is 1. The van der Waals surface area contributed by atoms with E-state index in [0.29, 0.717) is 23.7 Å². The van der Waals surface area contributed by atoms with Gasteiger partial charge >= 0.3 is 5.97 Å². The van der Waals surface area contributed by atoms with Gasteiger partial charge in [0.25, 0.3) is 0 Å². The maximum absolute atomic E-state index is 12.8. The number of hydroxylamine groups is 1. The molecule has 1 N–H and O–H groups in total. The quantitative estimate of drug-likeness (QED) is 0.326. The summed E-state index contributed by atoms with van der Waals surface area (Å²) < 4.78 is 11.4. The highest BCUT2D eigenvalue weighted by Gasteiger charge is 2.58. The fourth-order valence-electron chi connectivity index (χ4n) is 3.35. The first-order valence-electron chi connectivity index (χ1n) is 10.6. The monoisotopic (exact) mass is 434 g/mol. The molecule has 2 atom stereocenters. The highest BCUT2D eigenvalue weighted by atomic mass is 16.6. The standard InChI is InChI=1S/C26H30N2O4/c1-25(2,3)17-30-28-16-21-23(26(21,4)5)24(29)32-22(15-27)18-10-9-13-20(14-18)31-19-11-7-6-8-12-19/h6-14,16,22-23,28H,17H2,1-5H3/t22-,23+/m1/s1. The van der Waals surface area contributed by atoms with Crippen LogP contribution < -0.4 is 10.2 Å². The molecular weight excluding hydrogens is 404 g/mol. The Kier molecular flexibility index (Phi) is 6.90. The average Bonchev–Trinajstić information content (AvgIpc) is 3.30. The number of rotatable bonds is 8. The Labute approximate surface area is 189 Å². The molecule has 32 heavy (non-hydrogen) atoms. The molecule has 1 aliphatic rings. The van der Waals surface area contributed by atoms with E-state index in [0.717, 1.165) is 5.57 Å². The largest absolute Gasteiger partial charge is 0.457 e. The summed E-state index contributed by atoms with van der Waals surface area (Å²) in [5, 5.41) is 9.64. The summed E-state index contributed by atoms with van der Waals surface area (Å²) in [6.07, 6.45) is 0.692. The molecule has 2 aromatic rings. The van der Waals surface area contributed by atoms with Crippen molar-refractivity contribution in [1.82, 2.24) is 5.48 Å². The van der Waals surface area contributed by atoms with E-state index in [1.165, 1.54) is 0 Å². The first-order chi connectivity index (χ1) is 15.1. The van der Waals surface area contributed by atoms with E-state index < -0.39 is 18.0 Å². The van der Waals surface area contributed by atoms with Crippen LogP contribution in [0.15, 0.2) is 66.4 Å². The summed E-state index contributed by atoms with van der Waals surface area (Å²) in [6.45, 7) is 10.7. The van der Waals surface area contributed by atoms with Crippen molar-refractivity contribution in [3.05, 3.63) is 71.9 Å². The first-order valence-corrected chi connectivity index (χ1v) is 10.6. The highest BCUT2D eigenvalue weighted by Crippen LogP contribution is 2.58. The Morgan fingerprint density at radius 1 is 1.16 bits per heavy atom. The van der Waals surface area contributed by atoms with Crippen molar-refractivity contribution in [3.8, 4) is 17.6 Å². The Hall–Kier alpha value is -3.30. The highest BCUT2D eigenvalue weighted by molar-refractivity contribution is 5.84. The van der Waals surface area contributed by atoms with E-state index in [1.54, 1.807) is 30.5 Å². The third-order valence-corrected chi connectivity index (χ3v) is 5.22. The van der Waals surface area contributed by atoms with Crippen molar-refractivity contribution in [2.75, 3.05) is 6.61 Å². The lowest BCUT2D eigenvalue weighted by atomic mass is 9.99. The SMILES string of the molecule is CC(C)(C)CONC=C1[C@@H](C(=O)O[C@H](C#N)c2cccc(Oc3ccccc3)c2)C1(C)C. The van der Waals surface area contributed by atoms with Crippen LogP contribution in [-0.2, 0) is 14.4 Å². The van der Waals surface area contributed by atoms with Crippen LogP contribution in [0.2, 0.25) is 0 Å². The van der Waals surface area contributed by atoms with Gasteiger partial charge in [0.05, 0.1) is 12.5 Å². The Balaban J connectivity index is 1.64. The molecule has 3 rings (SSSR count). The fraction of sp³-hybridized carbons (Fsp3) is 0.385. The molecule has 1 saturated carbocycles. The number of hydrogen-bond acceptors (Lipinski definition) is 6. The number of para-hydroxylation sites is 1. The smallest absolute Gasteiger partial charge is 0.315 e. The Morgan fingerprint density at radius 3 is 2.50 bits per heavy atom. The molecule has 0 aromatic heterocycles. The molecule has 1 fully saturated rings. The summed E-state index contributed by atoms with van der Waals surface area (Å²) in [5.74, 6) is 0.399. The van der Waals surface area contributed by atoms with E-state index in [4.69, 9.17) is 14.3 Å². The fourth-order valence-corrected chi connectivity index (χ4v) is 3.35. The Morgan fingerprint density at radius 2 is 1.84 bits per heavy atom. The topological polar surface area (TPSA) is 80.6 Å². The van der Waals surface area contributed by atoms with Crippen molar-refractivity contribution in [3.63, 3.8) is 0 Å². The molecule has 0 amide bonds. The van der Waals surface area contributed by atoms with Crippen LogP contribution in [0.5, 0.6) is 11.5 Å². The third kappa shape index (κ3) is 5.89. The van der Waals surface area contributed by atoms with E-state index in [1.807, 2.05) is 44.2 Å². The van der Waals surface area contributed by atoms with Gasteiger partial charge < -0.3 is 9.47 Å². The minimum atomic E-state index is -1.02. The molecule has 6 nitrogen and oxygen atoms in total. The minimum absolute atomic E-state index is 0.0295. The van der Waals surface area contributed by atoms with Gasteiger partial charge in [0.1, 0.15) is 17.6 Å². The lowest BCUT2D eigenvalue weighted by molar-refractivity contribution is -0.149. The number of benzene rings is 2. The zero-order chi connectivity index (χ0) is 23.4. The van der Waals surface area contributed by atoms with E-state index in [2.05, 4.69) is 32.3 Å². The number of esters is 1. The van der Waals surface area contributed by atoms with Gasteiger partial charge in [0, 0.05) is 17.2 Å². The average molecular weight is 435 g/mol. The number of nitrogens with one attached hydrogen (secondary N) is 1.